The summed E-state index contributed by atoms with van der Waals surface area (Å²) in [6.45, 7) is 3.24. The molecule has 0 aromatic heterocycles. The molecule has 5 nitrogen and oxygen atoms in total. The van der Waals surface area contributed by atoms with E-state index in [0.29, 0.717) is 25.9 Å². The van der Waals surface area contributed by atoms with E-state index in [-0.39, 0.29) is 24.2 Å². The van der Waals surface area contributed by atoms with Gasteiger partial charge in [-0.05, 0) is 43.8 Å². The predicted molar refractivity (Wildman–Crippen MR) is 109 cm³/mol. The first kappa shape index (κ1) is 21.7. The molecule has 0 fully saturated rings. The maximum atomic E-state index is 12.6. The van der Waals surface area contributed by atoms with Crippen LogP contribution in [0.1, 0.15) is 18.9 Å². The van der Waals surface area contributed by atoms with Crippen LogP contribution >= 0.6 is 12.4 Å². The normalized spacial score (nSPS) is 9.92. The van der Waals surface area contributed by atoms with Gasteiger partial charge in [-0.3, -0.25) is 9.59 Å². The maximum absolute atomic E-state index is 12.6. The minimum Gasteiger partial charge on any atom is -0.326 e. The van der Waals surface area contributed by atoms with Crippen LogP contribution < -0.4 is 15.5 Å². The lowest BCUT2D eigenvalue weighted by Gasteiger charge is -2.21. The summed E-state index contributed by atoms with van der Waals surface area (Å²) < 4.78 is 0. The first-order valence-electron chi connectivity index (χ1n) is 8.53. The molecule has 140 valence electrons. The lowest BCUT2D eigenvalue weighted by atomic mass is 10.1. The van der Waals surface area contributed by atoms with Gasteiger partial charge in [0.25, 0.3) is 0 Å². The highest BCUT2D eigenvalue weighted by Crippen LogP contribution is 2.16. The van der Waals surface area contributed by atoms with Gasteiger partial charge in [0.15, 0.2) is 0 Å². The molecule has 2 amide bonds. The number of hydrogen-bond donors (Lipinski definition) is 2. The Morgan fingerprint density at radius 1 is 1.00 bits per heavy atom. The van der Waals surface area contributed by atoms with Crippen LogP contribution in [0, 0.1) is 0 Å². The predicted octanol–water partition coefficient (Wildman–Crippen LogP) is 3.25. The van der Waals surface area contributed by atoms with Crippen LogP contribution in [0.3, 0.4) is 0 Å². The first-order valence-corrected chi connectivity index (χ1v) is 8.53. The van der Waals surface area contributed by atoms with Gasteiger partial charge in [-0.2, -0.15) is 0 Å². The van der Waals surface area contributed by atoms with Crippen molar-refractivity contribution in [2.24, 2.45) is 0 Å². The van der Waals surface area contributed by atoms with Gasteiger partial charge in [0.2, 0.25) is 11.8 Å². The van der Waals surface area contributed by atoms with Gasteiger partial charge in [-0.15, -0.1) is 12.4 Å². The van der Waals surface area contributed by atoms with Crippen LogP contribution in [0.2, 0.25) is 0 Å². The summed E-state index contributed by atoms with van der Waals surface area (Å²) in [5.74, 6) is 0.0268. The molecule has 0 saturated carbocycles. The lowest BCUT2D eigenvalue weighted by Crippen LogP contribution is -2.31. The van der Waals surface area contributed by atoms with Gasteiger partial charge in [0, 0.05) is 30.9 Å². The summed E-state index contributed by atoms with van der Waals surface area (Å²) >= 11 is 0. The largest absolute Gasteiger partial charge is 0.326 e. The van der Waals surface area contributed by atoms with E-state index < -0.39 is 0 Å². The Hall–Kier alpha value is -2.37. The fourth-order valence-electron chi connectivity index (χ4n) is 2.55. The molecule has 2 aromatic carbocycles. The Bertz CT molecular complexity index is 690. The van der Waals surface area contributed by atoms with Crippen LogP contribution in [0.4, 0.5) is 11.4 Å². The number of hydrogen-bond acceptors (Lipinski definition) is 3. The number of benzene rings is 2. The zero-order valence-corrected chi connectivity index (χ0v) is 16.0. The molecule has 0 atom stereocenters. The number of likely N-dealkylation sites (N-methyl/N-ethyl adjacent to an activating group) is 1. The minimum atomic E-state index is -0.0283. The third kappa shape index (κ3) is 6.50. The molecule has 0 heterocycles. The quantitative estimate of drug-likeness (QED) is 0.744. The highest BCUT2D eigenvalue weighted by atomic mass is 35.5. The van der Waals surface area contributed by atoms with E-state index in [2.05, 4.69) is 10.6 Å². The number of halogens is 1. The number of rotatable bonds is 8. The third-order valence-corrected chi connectivity index (χ3v) is 3.88. The number of nitrogens with one attached hydrogen (secondary N) is 2. The van der Waals surface area contributed by atoms with Crippen molar-refractivity contribution in [3.63, 3.8) is 0 Å². The second-order valence-corrected chi connectivity index (χ2v) is 5.75. The van der Waals surface area contributed by atoms with Crippen molar-refractivity contribution in [3.05, 3.63) is 60.2 Å². The summed E-state index contributed by atoms with van der Waals surface area (Å²) in [4.78, 5) is 26.1. The standard InChI is InChI=1S/C20H25N3O2.ClH/c1-3-23(18-7-5-4-6-8-18)20(25)15-16-9-11-17(12-10-16)22-19(24)13-14-21-2;/h4-12,21H,3,13-15H2,1-2H3,(H,22,24);1H. The molecule has 0 bridgehead atoms. The van der Waals surface area contributed by atoms with Crippen molar-refractivity contribution in [1.29, 1.82) is 0 Å². The molecule has 0 saturated heterocycles. The SMILES string of the molecule is CCN(C(=O)Cc1ccc(NC(=O)CCNC)cc1)c1ccccc1.Cl. The second-order valence-electron chi connectivity index (χ2n) is 5.75. The van der Waals surface area contributed by atoms with E-state index in [1.54, 1.807) is 4.90 Å². The molecule has 0 aliphatic carbocycles. The monoisotopic (exact) mass is 375 g/mol. The molecule has 26 heavy (non-hydrogen) atoms. The zero-order chi connectivity index (χ0) is 18.1. The van der Waals surface area contributed by atoms with E-state index in [1.807, 2.05) is 68.6 Å². The average molecular weight is 376 g/mol. The van der Waals surface area contributed by atoms with Gasteiger partial charge in [0.1, 0.15) is 0 Å². The Labute approximate surface area is 161 Å². The van der Waals surface area contributed by atoms with Gasteiger partial charge in [-0.25, -0.2) is 0 Å². The number of para-hydroxylation sites is 1. The maximum Gasteiger partial charge on any atom is 0.231 e. The fourth-order valence-corrected chi connectivity index (χ4v) is 2.55. The van der Waals surface area contributed by atoms with Crippen molar-refractivity contribution in [2.45, 2.75) is 19.8 Å². The van der Waals surface area contributed by atoms with Crippen LogP contribution in [0.5, 0.6) is 0 Å². The van der Waals surface area contributed by atoms with E-state index in [1.165, 1.54) is 0 Å². The number of amides is 2. The fraction of sp³-hybridized carbons (Fsp3) is 0.300. The van der Waals surface area contributed by atoms with Crippen LogP contribution in [0.15, 0.2) is 54.6 Å². The molecule has 2 aromatic rings. The lowest BCUT2D eigenvalue weighted by molar-refractivity contribution is -0.118. The highest BCUT2D eigenvalue weighted by molar-refractivity contribution is 5.95. The summed E-state index contributed by atoms with van der Waals surface area (Å²) in [5.41, 5.74) is 2.57. The molecular weight excluding hydrogens is 350 g/mol. The molecule has 6 heteroatoms. The van der Waals surface area contributed by atoms with Crippen molar-refractivity contribution >= 4 is 35.6 Å². The minimum absolute atomic E-state index is 0. The van der Waals surface area contributed by atoms with Gasteiger partial charge >= 0.3 is 0 Å². The van der Waals surface area contributed by atoms with Gasteiger partial charge in [-0.1, -0.05) is 30.3 Å². The third-order valence-electron chi connectivity index (χ3n) is 3.88. The Morgan fingerprint density at radius 2 is 1.65 bits per heavy atom. The smallest absolute Gasteiger partial charge is 0.231 e. The summed E-state index contributed by atoms with van der Waals surface area (Å²) in [6, 6.07) is 17.1. The number of anilines is 2. The van der Waals surface area contributed by atoms with E-state index in [4.69, 9.17) is 0 Å². The zero-order valence-electron chi connectivity index (χ0n) is 15.2. The molecule has 0 aliphatic heterocycles. The first-order chi connectivity index (χ1) is 12.1. The van der Waals surface area contributed by atoms with Crippen LogP contribution in [-0.2, 0) is 16.0 Å². The number of nitrogens with zero attached hydrogens (tertiary/aromatic N) is 1. The van der Waals surface area contributed by atoms with Crippen molar-refractivity contribution in [2.75, 3.05) is 30.4 Å². The second kappa shape index (κ2) is 11.3. The average Bonchev–Trinajstić information content (AvgIpc) is 2.63. The molecule has 2 rings (SSSR count). The molecule has 0 unspecified atom stereocenters. The topological polar surface area (TPSA) is 61.4 Å². The molecule has 0 radical (unpaired) electrons. The van der Waals surface area contributed by atoms with E-state index in [0.717, 1.165) is 16.9 Å². The van der Waals surface area contributed by atoms with Crippen LogP contribution in [0.25, 0.3) is 0 Å². The Kier molecular flexibility index (Phi) is 9.41. The van der Waals surface area contributed by atoms with Crippen molar-refractivity contribution in [1.82, 2.24) is 5.32 Å². The Morgan fingerprint density at radius 3 is 2.23 bits per heavy atom. The molecule has 0 aliphatic rings. The summed E-state index contributed by atoms with van der Waals surface area (Å²) in [6.07, 6.45) is 0.760. The summed E-state index contributed by atoms with van der Waals surface area (Å²) in [5, 5.41) is 5.78. The Balaban J connectivity index is 0.00000338. The molecule has 0 spiro atoms. The molecular formula is C20H26ClN3O2. The van der Waals surface area contributed by atoms with Crippen molar-refractivity contribution in [3.8, 4) is 0 Å². The number of carbonyl (C=O) groups is 2. The van der Waals surface area contributed by atoms with Crippen LogP contribution in [-0.4, -0.2) is 32.0 Å². The summed E-state index contributed by atoms with van der Waals surface area (Å²) in [7, 11) is 1.81. The number of carbonyl (C=O) groups excluding carboxylic acids is 2. The van der Waals surface area contributed by atoms with Gasteiger partial charge in [0.05, 0.1) is 6.42 Å². The van der Waals surface area contributed by atoms with Gasteiger partial charge < -0.3 is 15.5 Å². The van der Waals surface area contributed by atoms with E-state index >= 15 is 0 Å². The van der Waals surface area contributed by atoms with E-state index in [9.17, 15) is 9.59 Å². The molecule has 2 N–H and O–H groups in total. The van der Waals surface area contributed by atoms with Crippen molar-refractivity contribution < 1.29 is 9.59 Å². The highest BCUT2D eigenvalue weighted by Gasteiger charge is 2.14.